The van der Waals surface area contributed by atoms with Crippen LogP contribution in [0.3, 0.4) is 0 Å². The van der Waals surface area contributed by atoms with E-state index in [4.69, 9.17) is 5.11 Å². The molecule has 8 heteroatoms. The number of aliphatic hydroxyl groups excluding tert-OH is 1. The number of halogens is 2. The van der Waals surface area contributed by atoms with Crippen molar-refractivity contribution in [3.63, 3.8) is 0 Å². The Morgan fingerprint density at radius 1 is 1.40 bits per heavy atom. The molecule has 0 bridgehead atoms. The maximum Gasteiger partial charge on any atom is 0.305 e. The molecule has 6 nitrogen and oxygen atoms in total. The summed E-state index contributed by atoms with van der Waals surface area (Å²) < 4.78 is 27.5. The minimum absolute atomic E-state index is 0.103. The van der Waals surface area contributed by atoms with Crippen molar-refractivity contribution < 1.29 is 23.6 Å². The van der Waals surface area contributed by atoms with Gasteiger partial charge in [0.15, 0.2) is 0 Å². The molecule has 1 aromatic carbocycles. The fourth-order valence-corrected chi connectivity index (χ4v) is 1.74. The van der Waals surface area contributed by atoms with Gasteiger partial charge >= 0.3 is 5.69 Å². The van der Waals surface area contributed by atoms with Crippen molar-refractivity contribution in [1.29, 1.82) is 0 Å². The van der Waals surface area contributed by atoms with Gasteiger partial charge in [0.25, 0.3) is 5.91 Å². The van der Waals surface area contributed by atoms with E-state index in [2.05, 4.69) is 0 Å². The molecule has 0 heterocycles. The molecular formula is C12H14F2N2O4. The molecule has 1 amide bonds. The lowest BCUT2D eigenvalue weighted by molar-refractivity contribution is -0.387. The van der Waals surface area contributed by atoms with Crippen molar-refractivity contribution in [1.82, 2.24) is 4.90 Å². The summed E-state index contributed by atoms with van der Waals surface area (Å²) in [5.41, 5.74) is -1.93. The molecule has 20 heavy (non-hydrogen) atoms. The third-order valence-corrected chi connectivity index (χ3v) is 2.63. The van der Waals surface area contributed by atoms with Crippen LogP contribution in [0.15, 0.2) is 12.1 Å². The summed E-state index contributed by atoms with van der Waals surface area (Å²) in [5.74, 6) is -3.68. The number of nitrogens with zero attached hydrogens (tertiary/aromatic N) is 2. The molecule has 0 fully saturated rings. The van der Waals surface area contributed by atoms with E-state index >= 15 is 0 Å². The second kappa shape index (κ2) is 6.90. The third kappa shape index (κ3) is 3.27. The lowest BCUT2D eigenvalue weighted by Crippen LogP contribution is -2.35. The summed E-state index contributed by atoms with van der Waals surface area (Å²) >= 11 is 0. The van der Waals surface area contributed by atoms with Gasteiger partial charge in [-0.3, -0.25) is 14.9 Å². The highest BCUT2D eigenvalue weighted by molar-refractivity contribution is 5.95. The number of carbonyl (C=O) groups excluding carboxylic acids is 1. The number of hydrogen-bond donors (Lipinski definition) is 1. The van der Waals surface area contributed by atoms with E-state index in [0.29, 0.717) is 18.6 Å². The summed E-state index contributed by atoms with van der Waals surface area (Å²) in [4.78, 5) is 22.7. The average molecular weight is 288 g/mol. The first-order valence-corrected chi connectivity index (χ1v) is 5.96. The fourth-order valence-electron chi connectivity index (χ4n) is 1.74. The zero-order valence-electron chi connectivity index (χ0n) is 10.8. The van der Waals surface area contributed by atoms with Gasteiger partial charge < -0.3 is 10.0 Å². The van der Waals surface area contributed by atoms with Crippen molar-refractivity contribution in [2.45, 2.75) is 13.3 Å². The third-order valence-electron chi connectivity index (χ3n) is 2.63. The van der Waals surface area contributed by atoms with E-state index in [1.165, 1.54) is 0 Å². The van der Waals surface area contributed by atoms with Gasteiger partial charge in [0.1, 0.15) is 11.4 Å². The van der Waals surface area contributed by atoms with Crippen LogP contribution < -0.4 is 0 Å². The topological polar surface area (TPSA) is 83.7 Å². The maximum atomic E-state index is 13.9. The zero-order chi connectivity index (χ0) is 15.3. The molecule has 1 rings (SSSR count). The van der Waals surface area contributed by atoms with E-state index in [9.17, 15) is 23.7 Å². The molecule has 1 aromatic rings. The van der Waals surface area contributed by atoms with E-state index in [1.807, 2.05) is 0 Å². The second-order valence-corrected chi connectivity index (χ2v) is 4.03. The standard InChI is InChI=1S/C12H14F2N2O4/c1-2-5-15(6-7-17)12(18)10-8(13)3-4-9(11(10)14)16(19)20/h3-4,17H,2,5-7H2,1H3. The van der Waals surface area contributed by atoms with Crippen molar-refractivity contribution >= 4 is 11.6 Å². The minimum atomic E-state index is -1.50. The van der Waals surface area contributed by atoms with Crippen LogP contribution >= 0.6 is 0 Å². The van der Waals surface area contributed by atoms with E-state index in [1.54, 1.807) is 6.92 Å². The van der Waals surface area contributed by atoms with Crippen LogP contribution in [0.2, 0.25) is 0 Å². The van der Waals surface area contributed by atoms with Crippen LogP contribution in [0, 0.1) is 21.7 Å². The first-order chi connectivity index (χ1) is 9.43. The number of amides is 1. The normalized spacial score (nSPS) is 10.4. The minimum Gasteiger partial charge on any atom is -0.395 e. The Bertz CT molecular complexity index is 516. The Hall–Kier alpha value is -2.09. The zero-order valence-corrected chi connectivity index (χ0v) is 10.8. The summed E-state index contributed by atoms with van der Waals surface area (Å²) in [7, 11) is 0. The van der Waals surface area contributed by atoms with Crippen LogP contribution in [0.5, 0.6) is 0 Å². The van der Waals surface area contributed by atoms with Crippen LogP contribution in [0.25, 0.3) is 0 Å². The second-order valence-electron chi connectivity index (χ2n) is 4.03. The Kier molecular flexibility index (Phi) is 5.51. The molecule has 0 saturated carbocycles. The average Bonchev–Trinajstić information content (AvgIpc) is 2.37. The molecule has 0 aromatic heterocycles. The smallest absolute Gasteiger partial charge is 0.305 e. The fraction of sp³-hybridized carbons (Fsp3) is 0.417. The van der Waals surface area contributed by atoms with Crippen molar-refractivity contribution in [3.8, 4) is 0 Å². The highest BCUT2D eigenvalue weighted by atomic mass is 19.1. The predicted octanol–water partition coefficient (Wildman–Crippen LogP) is 1.72. The van der Waals surface area contributed by atoms with Crippen molar-refractivity contribution in [2.24, 2.45) is 0 Å². The van der Waals surface area contributed by atoms with Crippen LogP contribution in [0.4, 0.5) is 14.5 Å². The molecule has 110 valence electrons. The Balaban J connectivity index is 3.26. The molecule has 0 atom stereocenters. The van der Waals surface area contributed by atoms with Gasteiger partial charge in [-0.2, -0.15) is 4.39 Å². The van der Waals surface area contributed by atoms with Crippen LogP contribution in [-0.2, 0) is 0 Å². The SMILES string of the molecule is CCCN(CCO)C(=O)c1c(F)ccc([N+](=O)[O-])c1F. The number of nitro benzene ring substituents is 1. The van der Waals surface area contributed by atoms with Gasteiger partial charge in [-0.25, -0.2) is 4.39 Å². The first kappa shape index (κ1) is 16.0. The Morgan fingerprint density at radius 2 is 2.05 bits per heavy atom. The van der Waals surface area contributed by atoms with Gasteiger partial charge in [-0.15, -0.1) is 0 Å². The lowest BCUT2D eigenvalue weighted by Gasteiger charge is -2.21. The number of rotatable bonds is 6. The summed E-state index contributed by atoms with van der Waals surface area (Å²) in [5, 5.41) is 19.5. The molecule has 0 aliphatic rings. The van der Waals surface area contributed by atoms with E-state index in [-0.39, 0.29) is 19.7 Å². The molecule has 0 spiro atoms. The first-order valence-electron chi connectivity index (χ1n) is 5.96. The van der Waals surface area contributed by atoms with Crippen molar-refractivity contribution in [2.75, 3.05) is 19.7 Å². The van der Waals surface area contributed by atoms with E-state index < -0.39 is 33.7 Å². The van der Waals surface area contributed by atoms with Gasteiger partial charge in [0.05, 0.1) is 11.5 Å². The number of aliphatic hydroxyl groups is 1. The lowest BCUT2D eigenvalue weighted by atomic mass is 10.1. The summed E-state index contributed by atoms with van der Waals surface area (Å²) in [6.07, 6.45) is 0.518. The van der Waals surface area contributed by atoms with Crippen LogP contribution in [0.1, 0.15) is 23.7 Å². The van der Waals surface area contributed by atoms with Gasteiger partial charge in [0.2, 0.25) is 5.82 Å². The predicted molar refractivity (Wildman–Crippen MR) is 66.3 cm³/mol. The summed E-state index contributed by atoms with van der Waals surface area (Å²) in [6.45, 7) is 1.46. The molecule has 1 N–H and O–H groups in total. The molecule has 0 saturated heterocycles. The molecule has 0 radical (unpaired) electrons. The van der Waals surface area contributed by atoms with Crippen molar-refractivity contribution in [3.05, 3.63) is 39.4 Å². The summed E-state index contributed by atoms with van der Waals surface area (Å²) in [6, 6.07) is 1.34. The molecule has 0 aliphatic carbocycles. The maximum absolute atomic E-state index is 13.9. The van der Waals surface area contributed by atoms with E-state index in [0.717, 1.165) is 4.90 Å². The van der Waals surface area contributed by atoms with Gasteiger partial charge in [0, 0.05) is 19.2 Å². The van der Waals surface area contributed by atoms with Gasteiger partial charge in [-0.1, -0.05) is 6.92 Å². The Labute approximate surface area is 113 Å². The van der Waals surface area contributed by atoms with Crippen LogP contribution in [-0.4, -0.2) is 40.5 Å². The number of carbonyl (C=O) groups is 1. The Morgan fingerprint density at radius 3 is 2.55 bits per heavy atom. The highest BCUT2D eigenvalue weighted by Crippen LogP contribution is 2.24. The largest absolute Gasteiger partial charge is 0.395 e. The highest BCUT2D eigenvalue weighted by Gasteiger charge is 2.28. The number of nitro groups is 1. The number of hydrogen-bond acceptors (Lipinski definition) is 4. The monoisotopic (exact) mass is 288 g/mol. The van der Waals surface area contributed by atoms with Gasteiger partial charge in [-0.05, 0) is 12.5 Å². The molecular weight excluding hydrogens is 274 g/mol. The quantitative estimate of drug-likeness (QED) is 0.638. The molecule has 0 aliphatic heterocycles. The number of benzene rings is 1. The molecule has 0 unspecified atom stereocenters.